The molecule has 0 aliphatic heterocycles. The Morgan fingerprint density at radius 3 is 2.67 bits per heavy atom. The highest BCUT2D eigenvalue weighted by molar-refractivity contribution is 7.89. The molecule has 0 saturated carbocycles. The highest BCUT2D eigenvalue weighted by Gasteiger charge is 2.23. The van der Waals surface area contributed by atoms with Gasteiger partial charge in [0.1, 0.15) is 11.5 Å². The minimum Gasteiger partial charge on any atom is -0.374 e. The first-order valence-corrected chi connectivity index (χ1v) is 7.87. The first-order valence-electron chi connectivity index (χ1n) is 6.39. The maximum atomic E-state index is 12.2. The van der Waals surface area contributed by atoms with Crippen molar-refractivity contribution in [1.82, 2.24) is 14.5 Å². The van der Waals surface area contributed by atoms with Gasteiger partial charge in [0.05, 0.1) is 24.5 Å². The number of nitrogens with zero attached hydrogens (tertiary/aromatic N) is 2. The van der Waals surface area contributed by atoms with Crippen LogP contribution in [-0.2, 0) is 21.3 Å². The first kappa shape index (κ1) is 18.0. The zero-order valence-corrected chi connectivity index (χ0v) is 12.8. The van der Waals surface area contributed by atoms with Gasteiger partial charge in [-0.1, -0.05) is 0 Å². The average molecular weight is 326 g/mol. The van der Waals surface area contributed by atoms with Crippen LogP contribution in [0.1, 0.15) is 11.4 Å². The first-order chi connectivity index (χ1) is 9.79. The molecule has 1 aromatic heterocycles. The van der Waals surface area contributed by atoms with Crippen LogP contribution in [0.15, 0.2) is 4.90 Å². The summed E-state index contributed by atoms with van der Waals surface area (Å²) in [6.45, 7) is 3.05. The fourth-order valence-corrected chi connectivity index (χ4v) is 3.32. The number of halogens is 2. The summed E-state index contributed by atoms with van der Waals surface area (Å²) in [6.07, 6.45) is -2.57. The summed E-state index contributed by atoms with van der Waals surface area (Å²) in [6, 6.07) is 0. The van der Waals surface area contributed by atoms with Crippen molar-refractivity contribution in [3.05, 3.63) is 11.4 Å². The standard InChI is InChI=1S/C11H20F2N4O3S/c1-8-11(9(2)17(16-8)5-3-14)21(18,19)15-4-6-20-7-10(12)13/h10,15H,3-7,14H2,1-2H3. The molecular formula is C11H20F2N4O3S. The molecule has 1 rings (SSSR count). The van der Waals surface area contributed by atoms with Gasteiger partial charge in [0.25, 0.3) is 6.43 Å². The highest BCUT2D eigenvalue weighted by atomic mass is 32.2. The maximum Gasteiger partial charge on any atom is 0.261 e. The Balaban J connectivity index is 2.70. The van der Waals surface area contributed by atoms with Gasteiger partial charge in [-0.3, -0.25) is 4.68 Å². The van der Waals surface area contributed by atoms with E-state index in [1.165, 1.54) is 4.68 Å². The van der Waals surface area contributed by atoms with Crippen molar-refractivity contribution in [1.29, 1.82) is 0 Å². The lowest BCUT2D eigenvalue weighted by Gasteiger charge is -2.08. The minimum absolute atomic E-state index is 0.0873. The van der Waals surface area contributed by atoms with Crippen molar-refractivity contribution in [2.24, 2.45) is 5.73 Å². The summed E-state index contributed by atoms with van der Waals surface area (Å²) in [7, 11) is -3.76. The van der Waals surface area contributed by atoms with Crippen LogP contribution in [0.2, 0.25) is 0 Å². The number of alkyl halides is 2. The Bertz CT molecular complexity index is 560. The SMILES string of the molecule is Cc1nn(CCN)c(C)c1S(=O)(=O)NCCOCC(F)F. The molecule has 21 heavy (non-hydrogen) atoms. The second-order valence-electron chi connectivity index (χ2n) is 4.38. The Morgan fingerprint density at radius 2 is 2.10 bits per heavy atom. The van der Waals surface area contributed by atoms with Crippen LogP contribution in [0, 0.1) is 13.8 Å². The van der Waals surface area contributed by atoms with Gasteiger partial charge in [-0.25, -0.2) is 21.9 Å². The molecule has 1 aromatic rings. The second kappa shape index (κ2) is 7.78. The fraction of sp³-hybridized carbons (Fsp3) is 0.727. The summed E-state index contributed by atoms with van der Waals surface area (Å²) >= 11 is 0. The van der Waals surface area contributed by atoms with Crippen LogP contribution < -0.4 is 10.5 Å². The number of hydrogen-bond donors (Lipinski definition) is 2. The third-order valence-electron chi connectivity index (χ3n) is 2.71. The molecule has 7 nitrogen and oxygen atoms in total. The lowest BCUT2D eigenvalue weighted by Crippen LogP contribution is -2.29. The van der Waals surface area contributed by atoms with Gasteiger partial charge in [-0.2, -0.15) is 5.10 Å². The summed E-state index contributed by atoms with van der Waals surface area (Å²) in [5.74, 6) is 0. The molecule has 0 fully saturated rings. The quantitative estimate of drug-likeness (QED) is 0.623. The summed E-state index contributed by atoms with van der Waals surface area (Å²) in [4.78, 5) is 0.0878. The average Bonchev–Trinajstić information content (AvgIpc) is 2.64. The molecule has 0 radical (unpaired) electrons. The van der Waals surface area contributed by atoms with Gasteiger partial charge >= 0.3 is 0 Å². The fourth-order valence-electron chi connectivity index (χ4n) is 1.90. The molecule has 0 saturated heterocycles. The lowest BCUT2D eigenvalue weighted by atomic mass is 10.4. The van der Waals surface area contributed by atoms with E-state index in [1.807, 2.05) is 0 Å². The summed E-state index contributed by atoms with van der Waals surface area (Å²) in [5.41, 5.74) is 6.28. The Morgan fingerprint density at radius 1 is 1.43 bits per heavy atom. The van der Waals surface area contributed by atoms with Crippen molar-refractivity contribution < 1.29 is 21.9 Å². The van der Waals surface area contributed by atoms with E-state index in [2.05, 4.69) is 14.6 Å². The monoisotopic (exact) mass is 326 g/mol. The number of aromatic nitrogens is 2. The van der Waals surface area contributed by atoms with Gasteiger partial charge in [-0.05, 0) is 13.8 Å². The van der Waals surface area contributed by atoms with Crippen LogP contribution in [0.25, 0.3) is 0 Å². The van der Waals surface area contributed by atoms with E-state index in [1.54, 1.807) is 13.8 Å². The van der Waals surface area contributed by atoms with Gasteiger partial charge in [0.15, 0.2) is 0 Å². The third kappa shape index (κ3) is 4.99. The zero-order chi connectivity index (χ0) is 16.0. The lowest BCUT2D eigenvalue weighted by molar-refractivity contribution is 0.0199. The van der Waals surface area contributed by atoms with E-state index in [9.17, 15) is 17.2 Å². The molecule has 3 N–H and O–H groups in total. The number of nitrogens with one attached hydrogen (secondary N) is 1. The topological polar surface area (TPSA) is 99.2 Å². The molecule has 1 heterocycles. The van der Waals surface area contributed by atoms with Crippen molar-refractivity contribution in [2.45, 2.75) is 31.7 Å². The number of rotatable bonds is 9. The van der Waals surface area contributed by atoms with Gasteiger partial charge in [-0.15, -0.1) is 0 Å². The van der Waals surface area contributed by atoms with E-state index in [4.69, 9.17) is 5.73 Å². The second-order valence-corrected chi connectivity index (χ2v) is 6.08. The van der Waals surface area contributed by atoms with Crippen molar-refractivity contribution in [2.75, 3.05) is 26.3 Å². The van der Waals surface area contributed by atoms with E-state index in [0.717, 1.165) is 0 Å². The van der Waals surface area contributed by atoms with E-state index in [0.29, 0.717) is 24.5 Å². The molecule has 0 aliphatic rings. The molecule has 0 aliphatic carbocycles. The molecular weight excluding hydrogens is 306 g/mol. The Kier molecular flexibility index (Phi) is 6.65. The van der Waals surface area contributed by atoms with Gasteiger partial charge < -0.3 is 10.5 Å². The number of aryl methyl sites for hydroxylation is 1. The molecule has 10 heteroatoms. The van der Waals surface area contributed by atoms with Crippen LogP contribution in [0.5, 0.6) is 0 Å². The Hall–Kier alpha value is -1.10. The van der Waals surface area contributed by atoms with Crippen molar-refractivity contribution in [3.8, 4) is 0 Å². The van der Waals surface area contributed by atoms with Crippen LogP contribution in [-0.4, -0.2) is 50.9 Å². The number of sulfonamides is 1. The largest absolute Gasteiger partial charge is 0.374 e. The molecule has 122 valence electrons. The highest BCUT2D eigenvalue weighted by Crippen LogP contribution is 2.18. The molecule has 0 unspecified atom stereocenters. The molecule has 0 spiro atoms. The van der Waals surface area contributed by atoms with E-state index in [-0.39, 0.29) is 18.0 Å². The number of hydrogen-bond acceptors (Lipinski definition) is 5. The van der Waals surface area contributed by atoms with Crippen LogP contribution >= 0.6 is 0 Å². The maximum absolute atomic E-state index is 12.2. The normalized spacial score (nSPS) is 12.3. The molecule has 0 bridgehead atoms. The van der Waals surface area contributed by atoms with Crippen LogP contribution in [0.3, 0.4) is 0 Å². The van der Waals surface area contributed by atoms with Crippen molar-refractivity contribution in [3.63, 3.8) is 0 Å². The smallest absolute Gasteiger partial charge is 0.261 e. The van der Waals surface area contributed by atoms with Gasteiger partial charge in [0, 0.05) is 13.1 Å². The number of nitrogens with two attached hydrogens (primary N) is 1. The van der Waals surface area contributed by atoms with Gasteiger partial charge in [0.2, 0.25) is 10.0 Å². The van der Waals surface area contributed by atoms with Crippen LogP contribution in [0.4, 0.5) is 8.78 Å². The van der Waals surface area contributed by atoms with Crippen molar-refractivity contribution >= 4 is 10.0 Å². The predicted octanol–water partition coefficient (Wildman–Crippen LogP) is 0.0186. The zero-order valence-electron chi connectivity index (χ0n) is 12.0. The summed E-state index contributed by atoms with van der Waals surface area (Å²) in [5, 5.41) is 4.12. The minimum atomic E-state index is -3.76. The molecule has 0 aromatic carbocycles. The predicted molar refractivity (Wildman–Crippen MR) is 72.8 cm³/mol. The number of ether oxygens (including phenoxy) is 1. The summed E-state index contributed by atoms with van der Waals surface area (Å²) < 4.78 is 56.5. The third-order valence-corrected chi connectivity index (χ3v) is 4.42. The van der Waals surface area contributed by atoms with E-state index < -0.39 is 23.1 Å². The molecule has 0 atom stereocenters. The van der Waals surface area contributed by atoms with E-state index >= 15 is 0 Å². The molecule has 0 amide bonds. The Labute approximate surface area is 122 Å².